The van der Waals surface area contributed by atoms with Crippen LogP contribution in [0.25, 0.3) is 0 Å². The van der Waals surface area contributed by atoms with Crippen molar-refractivity contribution < 1.29 is 28.7 Å². The molecule has 0 fully saturated rings. The second kappa shape index (κ2) is 15.1. The molecule has 11 heteroatoms. The zero-order chi connectivity index (χ0) is 28.2. The van der Waals surface area contributed by atoms with E-state index in [9.17, 15) is 24.0 Å². The van der Waals surface area contributed by atoms with Gasteiger partial charge in [-0.1, -0.05) is 44.7 Å². The lowest BCUT2D eigenvalue weighted by Crippen LogP contribution is -2.48. The van der Waals surface area contributed by atoms with E-state index in [1.54, 1.807) is 58.9 Å². The smallest absolute Gasteiger partial charge is 0.329 e. The first-order valence-corrected chi connectivity index (χ1v) is 13.6. The van der Waals surface area contributed by atoms with E-state index in [0.717, 1.165) is 5.56 Å². The van der Waals surface area contributed by atoms with Crippen molar-refractivity contribution in [2.24, 2.45) is 5.92 Å². The van der Waals surface area contributed by atoms with Gasteiger partial charge >= 0.3 is 5.97 Å². The fourth-order valence-electron chi connectivity index (χ4n) is 3.52. The summed E-state index contributed by atoms with van der Waals surface area (Å²) in [6, 6.07) is 2.29. The topological polar surface area (TPSA) is 144 Å². The van der Waals surface area contributed by atoms with Gasteiger partial charge in [0.1, 0.15) is 23.5 Å². The molecule has 0 saturated carbocycles. The van der Waals surface area contributed by atoms with Crippen LogP contribution in [0.5, 0.6) is 0 Å². The van der Waals surface area contributed by atoms with Crippen molar-refractivity contribution in [2.45, 2.75) is 72.6 Å². The molecule has 2 bridgehead atoms. The van der Waals surface area contributed by atoms with E-state index >= 15 is 0 Å². The number of ether oxygens (including phenoxy) is 1. The maximum absolute atomic E-state index is 13.1. The molecule has 0 radical (unpaired) electrons. The summed E-state index contributed by atoms with van der Waals surface area (Å²) in [7, 11) is 0. The van der Waals surface area contributed by atoms with Crippen molar-refractivity contribution in [1.29, 1.82) is 0 Å². The Morgan fingerprint density at radius 1 is 1.21 bits per heavy atom. The summed E-state index contributed by atoms with van der Waals surface area (Å²) < 4.78 is 5.65. The summed E-state index contributed by atoms with van der Waals surface area (Å²) in [4.78, 5) is 67.4. The van der Waals surface area contributed by atoms with Gasteiger partial charge in [0.05, 0.1) is 18.7 Å². The van der Waals surface area contributed by atoms with Crippen molar-refractivity contribution in [3.63, 3.8) is 0 Å². The van der Waals surface area contributed by atoms with Crippen molar-refractivity contribution in [3.8, 4) is 0 Å². The van der Waals surface area contributed by atoms with Crippen LogP contribution in [-0.4, -0.2) is 51.7 Å². The summed E-state index contributed by atoms with van der Waals surface area (Å²) in [5.41, 5.74) is 1.28. The largest absolute Gasteiger partial charge is 0.456 e. The number of allylic oxidation sites excluding steroid dienone is 2. The number of hydrogen-bond acceptors (Lipinski definition) is 8. The van der Waals surface area contributed by atoms with Crippen LogP contribution in [-0.2, 0) is 30.5 Å². The third kappa shape index (κ3) is 9.77. The molecule has 0 spiro atoms. The van der Waals surface area contributed by atoms with Gasteiger partial charge in [-0.25, -0.2) is 9.78 Å². The van der Waals surface area contributed by atoms with E-state index in [1.807, 2.05) is 0 Å². The molecule has 206 valence electrons. The molecular weight excluding hydrogens is 508 g/mol. The van der Waals surface area contributed by atoms with Crippen molar-refractivity contribution in [3.05, 3.63) is 53.0 Å². The minimum absolute atomic E-state index is 0.0331. The number of pyridine rings is 1. The number of fused-ring (bicyclic) bond motifs is 2. The highest BCUT2D eigenvalue weighted by Crippen LogP contribution is 2.13. The Hall–Kier alpha value is -3.47. The second-order valence-corrected chi connectivity index (χ2v) is 10.3. The van der Waals surface area contributed by atoms with Crippen LogP contribution in [0.4, 0.5) is 0 Å². The van der Waals surface area contributed by atoms with Gasteiger partial charge in [-0.3, -0.25) is 19.2 Å². The first-order valence-electron chi connectivity index (χ1n) is 12.6. The number of aromatic nitrogens is 1. The van der Waals surface area contributed by atoms with E-state index in [1.165, 1.54) is 17.8 Å². The Morgan fingerprint density at radius 2 is 1.95 bits per heavy atom. The number of rotatable bonds is 6. The number of aryl methyl sites for hydroxylation is 1. The molecular formula is C27H36N4O6S. The number of nitrogens with zero attached hydrogens (tertiary/aromatic N) is 1. The van der Waals surface area contributed by atoms with Gasteiger partial charge in [-0.2, -0.15) is 0 Å². The molecule has 0 aliphatic carbocycles. The number of carbonyl (C=O) groups is 5. The van der Waals surface area contributed by atoms with Gasteiger partial charge in [-0.15, -0.1) is 0 Å². The van der Waals surface area contributed by atoms with E-state index < -0.39 is 29.9 Å². The standard InChI is InChI=1S/C27H36N4O6S/c1-6-20-25(34)31-24(16(3)4)27(36)37-19(10-8-9-11-38-23(33)7-2)14-22(32)28-15-18-12-17(5)13-21(29-18)26(35)30-20/h6,8,10,12-13,16,19,24H,7,9,11,14-15H2,1-5H3,(H,28,32)(H,30,35)(H,31,34)/b10-8+,20-6-/t19-,24+/m1/s1. The summed E-state index contributed by atoms with van der Waals surface area (Å²) in [6.45, 7) is 8.74. The van der Waals surface area contributed by atoms with Crippen LogP contribution < -0.4 is 16.0 Å². The molecule has 0 aromatic carbocycles. The van der Waals surface area contributed by atoms with E-state index in [4.69, 9.17) is 4.74 Å². The molecule has 3 N–H and O–H groups in total. The number of thioether (sulfide) groups is 1. The highest BCUT2D eigenvalue weighted by atomic mass is 32.2. The number of esters is 1. The Morgan fingerprint density at radius 3 is 2.61 bits per heavy atom. The quantitative estimate of drug-likeness (QED) is 0.215. The van der Waals surface area contributed by atoms with Crippen molar-refractivity contribution in [1.82, 2.24) is 20.9 Å². The van der Waals surface area contributed by atoms with E-state index in [2.05, 4.69) is 20.9 Å². The Balaban J connectivity index is 2.35. The first kappa shape index (κ1) is 30.8. The van der Waals surface area contributed by atoms with Crippen LogP contribution in [0, 0.1) is 12.8 Å². The van der Waals surface area contributed by atoms with Gasteiger partial charge in [-0.05, 0) is 50.0 Å². The van der Waals surface area contributed by atoms with Gasteiger partial charge in [0, 0.05) is 12.2 Å². The van der Waals surface area contributed by atoms with Crippen LogP contribution >= 0.6 is 11.8 Å². The number of hydrogen-bond donors (Lipinski definition) is 3. The SMILES string of the molecule is C/C=C1\NC(=O)c2cc(C)cc(n2)CNC(=O)C[C@@H](/C=C/CCSC(=O)CC)OC(=O)[C@H](C(C)C)NC1=O. The molecule has 3 amide bonds. The van der Waals surface area contributed by atoms with Crippen LogP contribution in [0.2, 0.25) is 0 Å². The maximum atomic E-state index is 13.1. The Labute approximate surface area is 227 Å². The molecule has 2 atom stereocenters. The molecule has 1 aliphatic heterocycles. The molecule has 10 nitrogen and oxygen atoms in total. The average Bonchev–Trinajstić information content (AvgIpc) is 2.87. The Bertz CT molecular complexity index is 1110. The number of carbonyl (C=O) groups excluding carboxylic acids is 5. The van der Waals surface area contributed by atoms with E-state index in [0.29, 0.717) is 24.3 Å². The van der Waals surface area contributed by atoms with Gasteiger partial charge < -0.3 is 20.7 Å². The third-order valence-corrected chi connectivity index (χ3v) is 6.60. The molecule has 0 unspecified atom stereocenters. The number of nitrogens with one attached hydrogen (secondary N) is 3. The highest BCUT2D eigenvalue weighted by Gasteiger charge is 2.30. The number of cyclic esters (lactones) is 1. The zero-order valence-corrected chi connectivity index (χ0v) is 23.3. The molecule has 2 heterocycles. The van der Waals surface area contributed by atoms with E-state index in [-0.39, 0.29) is 41.3 Å². The molecule has 1 aromatic heterocycles. The monoisotopic (exact) mass is 544 g/mol. The van der Waals surface area contributed by atoms with Crippen LogP contribution in [0.1, 0.15) is 68.7 Å². The minimum Gasteiger partial charge on any atom is -0.456 e. The number of amides is 3. The molecule has 38 heavy (non-hydrogen) atoms. The van der Waals surface area contributed by atoms with Crippen molar-refractivity contribution in [2.75, 3.05) is 5.75 Å². The Kier molecular flexibility index (Phi) is 12.2. The van der Waals surface area contributed by atoms with Gasteiger partial charge in [0.15, 0.2) is 5.12 Å². The van der Waals surface area contributed by atoms with Gasteiger partial charge in [0.25, 0.3) is 11.8 Å². The fraction of sp³-hybridized carbons (Fsp3) is 0.481. The van der Waals surface area contributed by atoms with Crippen LogP contribution in [0.3, 0.4) is 0 Å². The normalized spacial score (nSPS) is 20.7. The lowest BCUT2D eigenvalue weighted by Gasteiger charge is -2.24. The highest BCUT2D eigenvalue weighted by molar-refractivity contribution is 8.13. The summed E-state index contributed by atoms with van der Waals surface area (Å²) in [5, 5.41) is 8.03. The maximum Gasteiger partial charge on any atom is 0.329 e. The lowest BCUT2D eigenvalue weighted by molar-refractivity contribution is -0.153. The van der Waals surface area contributed by atoms with Crippen LogP contribution in [0.15, 0.2) is 36.1 Å². The second-order valence-electron chi connectivity index (χ2n) is 9.12. The van der Waals surface area contributed by atoms with Gasteiger partial charge in [0.2, 0.25) is 5.91 Å². The average molecular weight is 545 g/mol. The minimum atomic E-state index is -1.03. The predicted molar refractivity (Wildman–Crippen MR) is 145 cm³/mol. The predicted octanol–water partition coefficient (Wildman–Crippen LogP) is 2.71. The molecule has 2 rings (SSSR count). The lowest BCUT2D eigenvalue weighted by atomic mass is 10.0. The summed E-state index contributed by atoms with van der Waals surface area (Å²) in [5.74, 6) is -2.10. The summed E-state index contributed by atoms with van der Waals surface area (Å²) >= 11 is 1.22. The molecule has 1 aliphatic rings. The fourth-order valence-corrected chi connectivity index (χ4v) is 4.20. The molecule has 1 aromatic rings. The summed E-state index contributed by atoms with van der Waals surface area (Å²) in [6.07, 6.45) is 4.79. The van der Waals surface area contributed by atoms with Crippen molar-refractivity contribution >= 4 is 40.6 Å². The molecule has 0 saturated heterocycles. The zero-order valence-electron chi connectivity index (χ0n) is 22.5. The first-order chi connectivity index (χ1) is 18.0. The third-order valence-electron chi connectivity index (χ3n) is 5.55.